The molecule has 0 spiro atoms. The Morgan fingerprint density at radius 1 is 0.313 bits per heavy atom. The van der Waals surface area contributed by atoms with Crippen LogP contribution in [0.3, 0.4) is 0 Å². The fraction of sp³-hybridized carbons (Fsp3) is 0.775. The quantitative estimate of drug-likeness (QED) is 0.0264. The van der Waals surface area contributed by atoms with Crippen LogP contribution in [-0.4, -0.2) is 49.3 Å². The molecule has 3 N–H and O–H groups in total. The number of rotatable bonds is 80. The summed E-state index contributed by atoms with van der Waals surface area (Å²) in [6.45, 7) is 3.68. The van der Waals surface area contributed by atoms with Crippen molar-refractivity contribution in [1.29, 1.82) is 0 Å². The number of esters is 2. The molecule has 0 heterocycles. The Bertz CT molecular complexity index is 2000. The van der Waals surface area contributed by atoms with E-state index in [1.54, 1.807) is 0 Å². The Balaban J connectivity index is 3.76. The van der Waals surface area contributed by atoms with Gasteiger partial charge in [0.15, 0.2) is 6.10 Å². The normalized spacial score (nSPS) is 13.4. The molecule has 0 saturated carbocycles. The second-order valence-electron chi connectivity index (χ2n) is 28.3. The molecule has 0 aliphatic rings. The van der Waals surface area contributed by atoms with E-state index in [0.717, 1.165) is 83.5 Å². The summed E-state index contributed by atoms with van der Waals surface area (Å²) >= 11 is 0. The number of hydrogen-bond acceptors (Lipinski definition) is 8. The Hall–Kier alpha value is -3.33. The van der Waals surface area contributed by atoms with Gasteiger partial charge in [-0.25, -0.2) is 4.57 Å². The van der Waals surface area contributed by atoms with Crippen LogP contribution in [0.25, 0.3) is 0 Å². The molecule has 0 aliphatic heterocycles. The standard InChI is InChI=1S/C89H160NO8P/c1-3-5-7-9-11-13-15-17-19-21-23-25-27-29-31-33-35-37-39-41-43-45-47-49-51-53-55-57-59-61-63-65-67-69-71-73-75-77-79-81-88(91)95-85-87(86-97-99(93,94)96-84-83-90)98-89(92)82-80-78-76-74-72-70-68-66-64-62-60-58-56-54-52-50-48-46-44-42-40-38-36-34-32-30-28-26-24-22-20-18-16-14-12-10-8-6-4-2/h6,8,12,14-15,17-18,20-21,23-24,26-27,29-30,32,36,38,87H,3-5,7,9-11,13,16,19,22,25,28,31,33-35,37,39-86,90H2,1-2H3,(H,93,94)/b8-6-,14-12-,17-15-,20-18-,23-21-,26-24-,29-27-,32-30-,38-36-. The van der Waals surface area contributed by atoms with Gasteiger partial charge in [0.05, 0.1) is 13.2 Å². The SMILES string of the molecule is CC/C=C\C/C=C\C/C=C\C/C=C\C/C=C\C/C=C\CCCCCCCCCCCCCCCCCCCCCCC(=O)OC(COC(=O)CCCCCCCCCCCCCCCCCCCCCCCCCC/C=C\C/C=C\C/C=C\CCCCCCC)COP(=O)(O)OCCN. The van der Waals surface area contributed by atoms with Gasteiger partial charge in [0.2, 0.25) is 0 Å². The number of nitrogens with two attached hydrogens (primary N) is 1. The van der Waals surface area contributed by atoms with Gasteiger partial charge in [-0.15, -0.1) is 0 Å². The third kappa shape index (κ3) is 83.5. The maximum Gasteiger partial charge on any atom is 0.472 e. The van der Waals surface area contributed by atoms with Crippen LogP contribution < -0.4 is 5.73 Å². The van der Waals surface area contributed by atoms with Gasteiger partial charge in [-0.1, -0.05) is 406 Å². The number of unbranched alkanes of at least 4 members (excludes halogenated alkanes) is 49. The molecule has 0 amide bonds. The summed E-state index contributed by atoms with van der Waals surface area (Å²) in [6, 6.07) is 0. The van der Waals surface area contributed by atoms with Crippen molar-refractivity contribution in [2.24, 2.45) is 5.73 Å². The maximum absolute atomic E-state index is 12.8. The smallest absolute Gasteiger partial charge is 0.462 e. The molecule has 0 aromatic heterocycles. The Morgan fingerprint density at radius 3 is 0.828 bits per heavy atom. The number of phosphoric acid groups is 1. The van der Waals surface area contributed by atoms with Gasteiger partial charge in [-0.05, 0) is 103 Å². The van der Waals surface area contributed by atoms with Crippen LogP contribution in [0.15, 0.2) is 109 Å². The topological polar surface area (TPSA) is 134 Å². The maximum atomic E-state index is 12.8. The zero-order chi connectivity index (χ0) is 71.5. The van der Waals surface area contributed by atoms with Gasteiger partial charge in [0.25, 0.3) is 0 Å². The van der Waals surface area contributed by atoms with Crippen LogP contribution >= 0.6 is 7.82 Å². The van der Waals surface area contributed by atoms with Crippen molar-refractivity contribution in [1.82, 2.24) is 0 Å². The molecular formula is C89H160NO8P. The second-order valence-corrected chi connectivity index (χ2v) is 29.8. The van der Waals surface area contributed by atoms with Gasteiger partial charge >= 0.3 is 19.8 Å². The third-order valence-corrected chi connectivity index (χ3v) is 19.6. The second kappa shape index (κ2) is 83.6. The van der Waals surface area contributed by atoms with Gasteiger partial charge in [0.1, 0.15) is 6.61 Å². The molecule has 2 atom stereocenters. The van der Waals surface area contributed by atoms with Crippen molar-refractivity contribution < 1.29 is 37.6 Å². The first kappa shape index (κ1) is 95.7. The molecule has 9 nitrogen and oxygen atoms in total. The molecule has 0 fully saturated rings. The van der Waals surface area contributed by atoms with Crippen LogP contribution in [0.1, 0.15) is 412 Å². The molecule has 0 radical (unpaired) electrons. The summed E-state index contributed by atoms with van der Waals surface area (Å²) in [5, 5.41) is 0. The minimum atomic E-state index is -4.40. The summed E-state index contributed by atoms with van der Waals surface area (Å²) < 4.78 is 33.3. The van der Waals surface area contributed by atoms with Crippen molar-refractivity contribution in [2.75, 3.05) is 26.4 Å². The number of carbonyl (C=O) groups excluding carboxylic acids is 2. The number of phosphoric ester groups is 1. The Kier molecular flexibility index (Phi) is 80.8. The molecule has 2 unspecified atom stereocenters. The minimum absolute atomic E-state index is 0.0533. The lowest BCUT2D eigenvalue weighted by Crippen LogP contribution is -2.29. The molecule has 0 bridgehead atoms. The highest BCUT2D eigenvalue weighted by atomic mass is 31.2. The van der Waals surface area contributed by atoms with Gasteiger partial charge < -0.3 is 20.1 Å². The monoisotopic (exact) mass is 1400 g/mol. The lowest BCUT2D eigenvalue weighted by atomic mass is 10.0. The molecule has 0 aromatic rings. The highest BCUT2D eigenvalue weighted by molar-refractivity contribution is 7.47. The van der Waals surface area contributed by atoms with Crippen LogP contribution in [0.2, 0.25) is 0 Å². The number of carbonyl (C=O) groups is 2. The summed E-state index contributed by atoms with van der Waals surface area (Å²) in [5.74, 6) is -0.808. The Labute approximate surface area is 613 Å². The van der Waals surface area contributed by atoms with E-state index in [1.165, 1.54) is 295 Å². The molecule has 10 heteroatoms. The van der Waals surface area contributed by atoms with E-state index in [9.17, 15) is 19.0 Å². The van der Waals surface area contributed by atoms with E-state index in [1.807, 2.05) is 0 Å². The number of ether oxygens (including phenoxy) is 2. The Morgan fingerprint density at radius 2 is 0.556 bits per heavy atom. The van der Waals surface area contributed by atoms with Crippen LogP contribution in [0, 0.1) is 0 Å². The molecule has 0 aliphatic carbocycles. The summed E-state index contributed by atoms with van der Waals surface area (Å²) in [7, 11) is -4.40. The largest absolute Gasteiger partial charge is 0.472 e. The van der Waals surface area contributed by atoms with Crippen molar-refractivity contribution in [2.45, 2.75) is 418 Å². The summed E-state index contributed by atoms with van der Waals surface area (Å²) in [6.07, 6.45) is 117. The van der Waals surface area contributed by atoms with Crippen molar-refractivity contribution in [3.05, 3.63) is 109 Å². The van der Waals surface area contributed by atoms with Gasteiger partial charge in [-0.3, -0.25) is 18.6 Å². The number of allylic oxidation sites excluding steroid dienone is 18. The van der Waals surface area contributed by atoms with Crippen LogP contribution in [0.4, 0.5) is 0 Å². The van der Waals surface area contributed by atoms with E-state index in [0.29, 0.717) is 6.42 Å². The fourth-order valence-corrected chi connectivity index (χ4v) is 13.2. The van der Waals surface area contributed by atoms with E-state index < -0.39 is 26.5 Å². The predicted molar refractivity (Wildman–Crippen MR) is 431 cm³/mol. The molecule has 574 valence electrons. The third-order valence-electron chi connectivity index (χ3n) is 18.6. The predicted octanol–water partition coefficient (Wildman–Crippen LogP) is 28.8. The molecule has 0 rings (SSSR count). The van der Waals surface area contributed by atoms with E-state index in [4.69, 9.17) is 24.3 Å². The first-order valence-corrected chi connectivity index (χ1v) is 43.9. The van der Waals surface area contributed by atoms with Crippen molar-refractivity contribution in [3.63, 3.8) is 0 Å². The first-order valence-electron chi connectivity index (χ1n) is 42.4. The molecular weight excluding hydrogens is 1240 g/mol. The lowest BCUT2D eigenvalue weighted by molar-refractivity contribution is -0.161. The van der Waals surface area contributed by atoms with Crippen molar-refractivity contribution >= 4 is 19.8 Å². The van der Waals surface area contributed by atoms with Gasteiger partial charge in [0, 0.05) is 19.4 Å². The average molecular weight is 1400 g/mol. The average Bonchev–Trinajstić information content (AvgIpc) is 1.35. The summed E-state index contributed by atoms with van der Waals surface area (Å²) in [4.78, 5) is 35.5. The van der Waals surface area contributed by atoms with Gasteiger partial charge in [-0.2, -0.15) is 0 Å². The zero-order valence-electron chi connectivity index (χ0n) is 65.0. The molecule has 0 saturated heterocycles. The highest BCUT2D eigenvalue weighted by Gasteiger charge is 2.26. The molecule has 0 aromatic carbocycles. The molecule has 99 heavy (non-hydrogen) atoms. The minimum Gasteiger partial charge on any atom is -0.462 e. The van der Waals surface area contributed by atoms with E-state index in [2.05, 4.69) is 123 Å². The highest BCUT2D eigenvalue weighted by Crippen LogP contribution is 2.43. The van der Waals surface area contributed by atoms with E-state index in [-0.39, 0.29) is 38.6 Å². The van der Waals surface area contributed by atoms with Crippen LogP contribution in [-0.2, 0) is 32.7 Å². The van der Waals surface area contributed by atoms with Crippen molar-refractivity contribution in [3.8, 4) is 0 Å². The lowest BCUT2D eigenvalue weighted by Gasteiger charge is -2.19. The van der Waals surface area contributed by atoms with Crippen LogP contribution in [0.5, 0.6) is 0 Å². The zero-order valence-corrected chi connectivity index (χ0v) is 65.9. The number of hydrogen-bond donors (Lipinski definition) is 2. The first-order chi connectivity index (χ1) is 48.8. The van der Waals surface area contributed by atoms with E-state index >= 15 is 0 Å². The summed E-state index contributed by atoms with van der Waals surface area (Å²) in [5.41, 5.74) is 5.42. The fourth-order valence-electron chi connectivity index (χ4n) is 12.4.